The van der Waals surface area contributed by atoms with Crippen molar-refractivity contribution in [2.75, 3.05) is 36.4 Å². The Balaban J connectivity index is 1.34. The number of anilines is 2. The number of benzene rings is 1. The van der Waals surface area contributed by atoms with Gasteiger partial charge in [0.2, 0.25) is 11.9 Å². The fourth-order valence-corrected chi connectivity index (χ4v) is 4.54. The number of carbonyl (C=O) groups is 1. The first kappa shape index (κ1) is 23.3. The number of rotatable bonds is 5. The molecule has 2 heterocycles. The SMILES string of the molecule is Cc1cc(N2CCN(C(=O)Cc3cccc(C(F)(F)F)c3)CC2)nc(NC2CCCCC2)n1. The van der Waals surface area contributed by atoms with Crippen LogP contribution in [0, 0.1) is 6.92 Å². The van der Waals surface area contributed by atoms with Crippen molar-refractivity contribution in [2.45, 2.75) is 57.7 Å². The Kier molecular flexibility index (Phi) is 7.05. The van der Waals surface area contributed by atoms with Gasteiger partial charge in [0.1, 0.15) is 5.82 Å². The monoisotopic (exact) mass is 461 g/mol. The van der Waals surface area contributed by atoms with Gasteiger partial charge in [-0.25, -0.2) is 4.98 Å². The van der Waals surface area contributed by atoms with Crippen molar-refractivity contribution in [3.05, 3.63) is 47.2 Å². The Morgan fingerprint density at radius 3 is 2.48 bits per heavy atom. The van der Waals surface area contributed by atoms with Crippen LogP contribution in [0.2, 0.25) is 0 Å². The molecule has 2 fully saturated rings. The average molecular weight is 462 g/mol. The number of nitrogens with one attached hydrogen (secondary N) is 1. The third-order valence-corrected chi connectivity index (χ3v) is 6.35. The number of piperazine rings is 1. The number of carbonyl (C=O) groups excluding carboxylic acids is 1. The summed E-state index contributed by atoms with van der Waals surface area (Å²) in [5.74, 6) is 1.33. The molecule has 1 saturated heterocycles. The van der Waals surface area contributed by atoms with Gasteiger partial charge in [0, 0.05) is 44.0 Å². The zero-order chi connectivity index (χ0) is 23.4. The Hall–Kier alpha value is -2.84. The van der Waals surface area contributed by atoms with Gasteiger partial charge in [-0.2, -0.15) is 18.2 Å². The number of aromatic nitrogens is 2. The van der Waals surface area contributed by atoms with E-state index in [-0.39, 0.29) is 12.3 Å². The first-order valence-corrected chi connectivity index (χ1v) is 11.6. The normalized spacial score (nSPS) is 17.8. The highest BCUT2D eigenvalue weighted by molar-refractivity contribution is 5.79. The molecule has 0 unspecified atom stereocenters. The van der Waals surface area contributed by atoms with Crippen molar-refractivity contribution >= 4 is 17.7 Å². The maximum absolute atomic E-state index is 12.9. The molecule has 178 valence electrons. The molecule has 1 N–H and O–H groups in total. The van der Waals surface area contributed by atoms with Crippen LogP contribution < -0.4 is 10.2 Å². The number of aryl methyl sites for hydroxylation is 1. The van der Waals surface area contributed by atoms with Gasteiger partial charge in [-0.3, -0.25) is 4.79 Å². The van der Waals surface area contributed by atoms with E-state index in [4.69, 9.17) is 4.98 Å². The van der Waals surface area contributed by atoms with E-state index < -0.39 is 11.7 Å². The van der Waals surface area contributed by atoms with Crippen LogP contribution >= 0.6 is 0 Å². The zero-order valence-electron chi connectivity index (χ0n) is 18.9. The van der Waals surface area contributed by atoms with Crippen LogP contribution in [0.3, 0.4) is 0 Å². The fourth-order valence-electron chi connectivity index (χ4n) is 4.54. The molecular formula is C24H30F3N5O. The number of alkyl halides is 3. The predicted molar refractivity (Wildman–Crippen MR) is 121 cm³/mol. The van der Waals surface area contributed by atoms with Gasteiger partial charge < -0.3 is 15.1 Å². The molecule has 6 nitrogen and oxygen atoms in total. The summed E-state index contributed by atoms with van der Waals surface area (Å²) in [6, 6.07) is 7.35. The highest BCUT2D eigenvalue weighted by Crippen LogP contribution is 2.30. The standard InChI is InChI=1S/C24H30F3N5O/c1-17-14-21(30-23(28-17)29-20-8-3-2-4-9-20)31-10-12-32(13-11-31)22(33)16-18-6-5-7-19(15-18)24(25,26)27/h5-7,14-15,20H,2-4,8-13,16H2,1H3,(H,28,29,30). The maximum atomic E-state index is 12.9. The third kappa shape index (κ3) is 6.15. The molecule has 2 aliphatic rings. The van der Waals surface area contributed by atoms with Crippen molar-refractivity contribution in [2.24, 2.45) is 0 Å². The molecule has 1 aromatic heterocycles. The van der Waals surface area contributed by atoms with Crippen LogP contribution in [0.1, 0.15) is 48.9 Å². The summed E-state index contributed by atoms with van der Waals surface area (Å²) in [7, 11) is 0. The van der Waals surface area contributed by atoms with Crippen LogP contribution in [-0.2, 0) is 17.4 Å². The summed E-state index contributed by atoms with van der Waals surface area (Å²) in [4.78, 5) is 25.8. The van der Waals surface area contributed by atoms with Gasteiger partial charge in [-0.05, 0) is 31.4 Å². The van der Waals surface area contributed by atoms with E-state index in [2.05, 4.69) is 15.2 Å². The van der Waals surface area contributed by atoms with Crippen molar-refractivity contribution in [1.29, 1.82) is 0 Å². The van der Waals surface area contributed by atoms with Gasteiger partial charge in [0.25, 0.3) is 0 Å². The second-order valence-electron chi connectivity index (χ2n) is 8.91. The Morgan fingerprint density at radius 2 is 1.79 bits per heavy atom. The summed E-state index contributed by atoms with van der Waals surface area (Å²) >= 11 is 0. The molecule has 0 bridgehead atoms. The minimum atomic E-state index is -4.41. The van der Waals surface area contributed by atoms with Gasteiger partial charge in [-0.1, -0.05) is 37.5 Å². The highest BCUT2D eigenvalue weighted by Gasteiger charge is 2.31. The van der Waals surface area contributed by atoms with Crippen molar-refractivity contribution < 1.29 is 18.0 Å². The number of hydrogen-bond acceptors (Lipinski definition) is 5. The van der Waals surface area contributed by atoms with E-state index in [0.29, 0.717) is 43.7 Å². The maximum Gasteiger partial charge on any atom is 0.416 e. The lowest BCUT2D eigenvalue weighted by atomic mass is 9.96. The summed E-state index contributed by atoms with van der Waals surface area (Å²) in [6.45, 7) is 4.20. The molecule has 9 heteroatoms. The van der Waals surface area contributed by atoms with Crippen LogP contribution in [0.5, 0.6) is 0 Å². The zero-order valence-corrected chi connectivity index (χ0v) is 18.9. The summed E-state index contributed by atoms with van der Waals surface area (Å²) in [5, 5.41) is 3.48. The van der Waals surface area contributed by atoms with E-state index in [9.17, 15) is 18.0 Å². The van der Waals surface area contributed by atoms with Gasteiger partial charge in [-0.15, -0.1) is 0 Å². The number of amides is 1. The molecule has 33 heavy (non-hydrogen) atoms. The summed E-state index contributed by atoms with van der Waals surface area (Å²) in [5.41, 5.74) is 0.540. The first-order valence-electron chi connectivity index (χ1n) is 11.6. The van der Waals surface area contributed by atoms with Gasteiger partial charge >= 0.3 is 6.18 Å². The van der Waals surface area contributed by atoms with Crippen LogP contribution in [0.4, 0.5) is 24.9 Å². The fraction of sp³-hybridized carbons (Fsp3) is 0.542. The molecule has 4 rings (SSSR count). The Labute approximate surface area is 192 Å². The minimum absolute atomic E-state index is 0.0357. The van der Waals surface area contributed by atoms with Crippen molar-refractivity contribution in [1.82, 2.24) is 14.9 Å². The topological polar surface area (TPSA) is 61.4 Å². The van der Waals surface area contributed by atoms with E-state index in [0.717, 1.165) is 36.5 Å². The van der Waals surface area contributed by atoms with E-state index in [1.54, 1.807) is 11.0 Å². The summed E-state index contributed by atoms with van der Waals surface area (Å²) in [6.07, 6.45) is 1.57. The van der Waals surface area contributed by atoms with Gasteiger partial charge in [0.05, 0.1) is 12.0 Å². The molecule has 1 saturated carbocycles. The van der Waals surface area contributed by atoms with E-state index >= 15 is 0 Å². The van der Waals surface area contributed by atoms with E-state index in [1.807, 2.05) is 13.0 Å². The molecule has 1 aromatic carbocycles. The smallest absolute Gasteiger partial charge is 0.353 e. The van der Waals surface area contributed by atoms with E-state index in [1.165, 1.54) is 25.3 Å². The van der Waals surface area contributed by atoms with Crippen molar-refractivity contribution in [3.63, 3.8) is 0 Å². The molecule has 0 atom stereocenters. The second-order valence-corrected chi connectivity index (χ2v) is 8.91. The molecular weight excluding hydrogens is 431 g/mol. The second kappa shape index (κ2) is 9.97. The minimum Gasteiger partial charge on any atom is -0.353 e. The molecule has 0 spiro atoms. The lowest BCUT2D eigenvalue weighted by Gasteiger charge is -2.35. The van der Waals surface area contributed by atoms with Crippen LogP contribution in [0.25, 0.3) is 0 Å². The molecule has 0 radical (unpaired) electrons. The predicted octanol–water partition coefficient (Wildman–Crippen LogP) is 4.44. The lowest BCUT2D eigenvalue weighted by molar-refractivity contribution is -0.138. The Bertz CT molecular complexity index is 967. The molecule has 1 amide bonds. The lowest BCUT2D eigenvalue weighted by Crippen LogP contribution is -2.49. The summed E-state index contributed by atoms with van der Waals surface area (Å²) < 4.78 is 38.8. The van der Waals surface area contributed by atoms with Crippen LogP contribution in [0.15, 0.2) is 30.3 Å². The first-order chi connectivity index (χ1) is 15.8. The molecule has 1 aliphatic carbocycles. The molecule has 2 aromatic rings. The quantitative estimate of drug-likeness (QED) is 0.714. The number of halogens is 3. The average Bonchev–Trinajstić information content (AvgIpc) is 2.79. The Morgan fingerprint density at radius 1 is 1.06 bits per heavy atom. The van der Waals surface area contributed by atoms with Gasteiger partial charge in [0.15, 0.2) is 0 Å². The van der Waals surface area contributed by atoms with Crippen molar-refractivity contribution in [3.8, 4) is 0 Å². The number of nitrogens with zero attached hydrogens (tertiary/aromatic N) is 4. The molecule has 1 aliphatic heterocycles. The highest BCUT2D eigenvalue weighted by atomic mass is 19.4. The number of hydrogen-bond donors (Lipinski definition) is 1. The third-order valence-electron chi connectivity index (χ3n) is 6.35. The van der Waals surface area contributed by atoms with Crippen LogP contribution in [-0.4, -0.2) is 53.0 Å². The largest absolute Gasteiger partial charge is 0.416 e.